The van der Waals surface area contributed by atoms with Gasteiger partial charge in [-0.2, -0.15) is 0 Å². The number of nitrogen functional groups attached to an aromatic ring is 1. The summed E-state index contributed by atoms with van der Waals surface area (Å²) in [6, 6.07) is 16.4. The van der Waals surface area contributed by atoms with E-state index in [-0.39, 0.29) is 6.61 Å². The van der Waals surface area contributed by atoms with Gasteiger partial charge < -0.3 is 10.5 Å². The van der Waals surface area contributed by atoms with Crippen LogP contribution in [0.5, 0.6) is 0 Å². The molecule has 0 fully saturated rings. The highest BCUT2D eigenvalue weighted by Crippen LogP contribution is 2.17. The van der Waals surface area contributed by atoms with Gasteiger partial charge in [-0.15, -0.1) is 0 Å². The number of carbonyl (C=O) groups is 1. The van der Waals surface area contributed by atoms with Crippen LogP contribution in [0.2, 0.25) is 0 Å². The molecule has 0 aliphatic carbocycles. The van der Waals surface area contributed by atoms with Crippen LogP contribution in [0, 0.1) is 0 Å². The van der Waals surface area contributed by atoms with E-state index in [0.717, 1.165) is 16.5 Å². The summed E-state index contributed by atoms with van der Waals surface area (Å²) in [6.45, 7) is 0.183. The molecule has 0 saturated carbocycles. The van der Waals surface area contributed by atoms with Gasteiger partial charge in [0.25, 0.3) is 0 Å². The van der Waals surface area contributed by atoms with Crippen molar-refractivity contribution < 1.29 is 9.53 Å². The minimum atomic E-state index is -0.393. The molecule has 0 bridgehead atoms. The smallest absolute Gasteiger partial charge is 0.338 e. The lowest BCUT2D eigenvalue weighted by Gasteiger charge is -2.07. The Kier molecular flexibility index (Phi) is 3.51. The number of hydrogen-bond acceptors (Lipinski definition) is 4. The first-order valence-electron chi connectivity index (χ1n) is 6.59. The van der Waals surface area contributed by atoms with Gasteiger partial charge in [-0.1, -0.05) is 30.3 Å². The predicted molar refractivity (Wildman–Crippen MR) is 81.7 cm³/mol. The molecule has 2 aromatic carbocycles. The van der Waals surface area contributed by atoms with Crippen molar-refractivity contribution in [1.29, 1.82) is 0 Å². The number of benzene rings is 2. The van der Waals surface area contributed by atoms with E-state index in [9.17, 15) is 4.79 Å². The highest BCUT2D eigenvalue weighted by atomic mass is 16.5. The Bertz CT molecular complexity index is 794. The maximum absolute atomic E-state index is 12.0. The summed E-state index contributed by atoms with van der Waals surface area (Å²) < 4.78 is 5.34. The summed E-state index contributed by atoms with van der Waals surface area (Å²) in [7, 11) is 0. The van der Waals surface area contributed by atoms with Crippen LogP contribution in [0.3, 0.4) is 0 Å². The van der Waals surface area contributed by atoms with E-state index in [0.29, 0.717) is 11.3 Å². The van der Waals surface area contributed by atoms with Crippen molar-refractivity contribution >= 4 is 22.6 Å². The topological polar surface area (TPSA) is 65.2 Å². The van der Waals surface area contributed by atoms with E-state index in [1.54, 1.807) is 30.5 Å². The van der Waals surface area contributed by atoms with Crippen molar-refractivity contribution in [3.8, 4) is 0 Å². The number of rotatable bonds is 3. The molecule has 2 N–H and O–H groups in total. The molecule has 0 radical (unpaired) electrons. The molecule has 0 atom stereocenters. The molecule has 0 aliphatic rings. The Labute approximate surface area is 122 Å². The van der Waals surface area contributed by atoms with Crippen LogP contribution in [0.4, 0.5) is 5.69 Å². The number of nitrogens with two attached hydrogens (primary N) is 1. The molecule has 0 amide bonds. The average molecular weight is 278 g/mol. The molecule has 0 spiro atoms. The molecule has 3 rings (SSSR count). The lowest BCUT2D eigenvalue weighted by atomic mass is 10.1. The molecule has 104 valence electrons. The summed E-state index contributed by atoms with van der Waals surface area (Å²) >= 11 is 0. The van der Waals surface area contributed by atoms with Gasteiger partial charge in [0.05, 0.1) is 11.1 Å². The lowest BCUT2D eigenvalue weighted by molar-refractivity contribution is 0.0474. The van der Waals surface area contributed by atoms with Gasteiger partial charge in [0.1, 0.15) is 6.61 Å². The number of fused-ring (bicyclic) bond motifs is 1. The molecule has 1 heterocycles. The molecule has 4 heteroatoms. The summed E-state index contributed by atoms with van der Waals surface area (Å²) in [5.41, 5.74) is 8.37. The zero-order valence-electron chi connectivity index (χ0n) is 11.3. The van der Waals surface area contributed by atoms with E-state index in [2.05, 4.69) is 4.98 Å². The molecular formula is C17H14N2O2. The molecule has 1 aromatic heterocycles. The normalized spacial score (nSPS) is 10.5. The lowest BCUT2D eigenvalue weighted by Crippen LogP contribution is -2.06. The zero-order valence-corrected chi connectivity index (χ0v) is 11.3. The number of carbonyl (C=O) groups excluding carboxylic acids is 1. The Morgan fingerprint density at radius 2 is 1.90 bits per heavy atom. The standard InChI is InChI=1S/C17H14N2O2/c18-15-8-2-5-13(10-15)17(20)21-11-14-6-1-4-12-7-3-9-19-16(12)14/h1-10H,11,18H2. The number of hydrogen-bond donors (Lipinski definition) is 1. The Hall–Kier alpha value is -2.88. The summed E-state index contributed by atoms with van der Waals surface area (Å²) in [5, 5.41) is 1.02. The highest BCUT2D eigenvalue weighted by Gasteiger charge is 2.09. The second-order valence-electron chi connectivity index (χ2n) is 4.69. The number of ether oxygens (including phenoxy) is 1. The molecule has 0 aliphatic heterocycles. The van der Waals surface area contributed by atoms with E-state index in [4.69, 9.17) is 10.5 Å². The maximum atomic E-state index is 12.0. The fraction of sp³-hybridized carbons (Fsp3) is 0.0588. The first-order chi connectivity index (χ1) is 10.2. The van der Waals surface area contributed by atoms with E-state index in [1.807, 2.05) is 30.3 Å². The number of aromatic nitrogens is 1. The van der Waals surface area contributed by atoms with Gasteiger partial charge in [0.2, 0.25) is 0 Å². The predicted octanol–water partition coefficient (Wildman–Crippen LogP) is 3.17. The van der Waals surface area contributed by atoms with Crippen molar-refractivity contribution in [2.45, 2.75) is 6.61 Å². The third-order valence-electron chi connectivity index (χ3n) is 3.20. The molecule has 4 nitrogen and oxygen atoms in total. The summed E-state index contributed by atoms with van der Waals surface area (Å²) in [6.07, 6.45) is 1.73. The van der Waals surface area contributed by atoms with Gasteiger partial charge >= 0.3 is 5.97 Å². The minimum Gasteiger partial charge on any atom is -0.457 e. The van der Waals surface area contributed by atoms with E-state index in [1.165, 1.54) is 0 Å². The van der Waals surface area contributed by atoms with Gasteiger partial charge in [0.15, 0.2) is 0 Å². The van der Waals surface area contributed by atoms with Crippen molar-refractivity contribution in [3.63, 3.8) is 0 Å². The Morgan fingerprint density at radius 1 is 1.10 bits per heavy atom. The van der Waals surface area contributed by atoms with Crippen LogP contribution in [0.25, 0.3) is 10.9 Å². The third kappa shape index (κ3) is 2.84. The second-order valence-corrected chi connectivity index (χ2v) is 4.69. The average Bonchev–Trinajstić information content (AvgIpc) is 2.52. The number of esters is 1. The van der Waals surface area contributed by atoms with Crippen LogP contribution in [-0.4, -0.2) is 11.0 Å². The van der Waals surface area contributed by atoms with E-state index >= 15 is 0 Å². The van der Waals surface area contributed by atoms with Crippen molar-refractivity contribution in [2.75, 3.05) is 5.73 Å². The second kappa shape index (κ2) is 5.63. The number of nitrogens with zero attached hydrogens (tertiary/aromatic N) is 1. The van der Waals surface area contributed by atoms with Gasteiger partial charge in [-0.05, 0) is 24.3 Å². The Morgan fingerprint density at radius 3 is 2.76 bits per heavy atom. The highest BCUT2D eigenvalue weighted by molar-refractivity contribution is 5.90. The summed E-state index contributed by atoms with van der Waals surface area (Å²) in [4.78, 5) is 16.3. The van der Waals surface area contributed by atoms with Crippen molar-refractivity contribution in [1.82, 2.24) is 4.98 Å². The molecular weight excluding hydrogens is 264 g/mol. The molecule has 3 aromatic rings. The van der Waals surface area contributed by atoms with Crippen LogP contribution >= 0.6 is 0 Å². The number of pyridine rings is 1. The van der Waals surface area contributed by atoms with Crippen LogP contribution in [0.1, 0.15) is 15.9 Å². The fourth-order valence-corrected chi connectivity index (χ4v) is 2.18. The van der Waals surface area contributed by atoms with Crippen molar-refractivity contribution in [3.05, 3.63) is 71.9 Å². The largest absolute Gasteiger partial charge is 0.457 e. The quantitative estimate of drug-likeness (QED) is 0.590. The van der Waals surface area contributed by atoms with E-state index < -0.39 is 5.97 Å². The first kappa shape index (κ1) is 13.1. The maximum Gasteiger partial charge on any atom is 0.338 e. The first-order valence-corrected chi connectivity index (χ1v) is 6.59. The van der Waals surface area contributed by atoms with Gasteiger partial charge in [-0.25, -0.2) is 4.79 Å². The summed E-state index contributed by atoms with van der Waals surface area (Å²) in [5.74, 6) is -0.393. The Balaban J connectivity index is 1.79. The molecule has 0 unspecified atom stereocenters. The third-order valence-corrected chi connectivity index (χ3v) is 3.20. The monoisotopic (exact) mass is 278 g/mol. The zero-order chi connectivity index (χ0) is 14.7. The van der Waals surface area contributed by atoms with Crippen LogP contribution in [-0.2, 0) is 11.3 Å². The van der Waals surface area contributed by atoms with Gasteiger partial charge in [-0.3, -0.25) is 4.98 Å². The van der Waals surface area contributed by atoms with Crippen LogP contribution in [0.15, 0.2) is 60.8 Å². The molecule has 0 saturated heterocycles. The molecule has 21 heavy (non-hydrogen) atoms. The SMILES string of the molecule is Nc1cccc(C(=O)OCc2cccc3cccnc23)c1. The minimum absolute atomic E-state index is 0.183. The van der Waals surface area contributed by atoms with Crippen molar-refractivity contribution in [2.24, 2.45) is 0 Å². The van der Waals surface area contributed by atoms with Gasteiger partial charge in [0, 0.05) is 22.8 Å². The number of anilines is 1. The number of para-hydroxylation sites is 1. The van der Waals surface area contributed by atoms with Crippen LogP contribution < -0.4 is 5.73 Å². The fourth-order valence-electron chi connectivity index (χ4n) is 2.18.